The third kappa shape index (κ3) is 3.09. The second-order valence-corrected chi connectivity index (χ2v) is 5.75. The second kappa shape index (κ2) is 6.30. The van der Waals surface area contributed by atoms with Crippen molar-refractivity contribution < 1.29 is 24.2 Å². The quantitative estimate of drug-likeness (QED) is 0.304. The summed E-state index contributed by atoms with van der Waals surface area (Å²) in [6.07, 6.45) is 0.120. The standard InChI is InChI=1S/C11H16N5O6P/c12-11-14-9-8(10(18)15-11)13-4-16(9)7-1-5(2-17)6(22-7)3-21-23(19)20/h2,6-7,13,17,19-20H,1,3-4H2,(H3,12,14,15,18)/b5-2+/t6-,7-/m1/s1. The minimum atomic E-state index is -2.51. The molecule has 2 aliphatic rings. The molecule has 3 rings (SSSR count). The molecule has 1 aromatic heterocycles. The summed E-state index contributed by atoms with van der Waals surface area (Å²) in [5, 5.41) is 12.2. The zero-order chi connectivity index (χ0) is 16.6. The molecule has 0 unspecified atom stereocenters. The van der Waals surface area contributed by atoms with Gasteiger partial charge in [0.15, 0.2) is 5.82 Å². The highest BCUT2D eigenvalue weighted by atomic mass is 31.2. The number of aromatic amines is 1. The fourth-order valence-corrected chi connectivity index (χ4v) is 2.85. The number of aromatic nitrogens is 2. The summed E-state index contributed by atoms with van der Waals surface area (Å²) in [6, 6.07) is 0. The molecule has 0 radical (unpaired) electrons. The van der Waals surface area contributed by atoms with E-state index in [2.05, 4.69) is 15.3 Å². The molecule has 0 amide bonds. The highest BCUT2D eigenvalue weighted by molar-refractivity contribution is 7.39. The Bertz CT molecular complexity index is 679. The fourth-order valence-electron chi connectivity index (χ4n) is 2.58. The highest BCUT2D eigenvalue weighted by Gasteiger charge is 2.38. The maximum atomic E-state index is 11.8. The number of nitrogens with zero attached hydrogens (tertiary/aromatic N) is 2. The van der Waals surface area contributed by atoms with E-state index in [1.807, 2.05) is 0 Å². The van der Waals surface area contributed by atoms with Gasteiger partial charge in [0.2, 0.25) is 5.95 Å². The van der Waals surface area contributed by atoms with Gasteiger partial charge in [-0.1, -0.05) is 0 Å². The SMILES string of the molecule is Nc1nc2c(c(=O)[nH]1)NCN2[C@H]1C/C(=C\O)[C@@H](COP(O)O)O1. The Morgan fingerprint density at radius 1 is 1.57 bits per heavy atom. The molecule has 1 aromatic rings. The molecule has 0 spiro atoms. The van der Waals surface area contributed by atoms with Crippen LogP contribution < -0.4 is 21.5 Å². The molecule has 11 nitrogen and oxygen atoms in total. The summed E-state index contributed by atoms with van der Waals surface area (Å²) in [6.45, 7) is 0.180. The molecular formula is C11H16N5O6P. The minimum absolute atomic E-state index is 0.00976. The number of fused-ring (bicyclic) bond motifs is 1. The normalized spacial score (nSPS) is 25.2. The first kappa shape index (κ1) is 16.0. The Balaban J connectivity index is 1.79. The van der Waals surface area contributed by atoms with Crippen molar-refractivity contribution in [2.24, 2.45) is 0 Å². The van der Waals surface area contributed by atoms with Gasteiger partial charge in [0.25, 0.3) is 5.56 Å². The van der Waals surface area contributed by atoms with Gasteiger partial charge < -0.3 is 40.1 Å². The van der Waals surface area contributed by atoms with Crippen LogP contribution in [0.4, 0.5) is 17.5 Å². The van der Waals surface area contributed by atoms with Crippen LogP contribution in [-0.2, 0) is 9.26 Å². The molecule has 0 aliphatic carbocycles. The summed E-state index contributed by atoms with van der Waals surface area (Å²) in [5.74, 6) is 0.353. The van der Waals surface area contributed by atoms with Gasteiger partial charge >= 0.3 is 8.60 Å². The monoisotopic (exact) mass is 345 g/mol. The molecule has 1 saturated heterocycles. The number of H-pyrrole nitrogens is 1. The van der Waals surface area contributed by atoms with Crippen molar-refractivity contribution in [3.8, 4) is 0 Å². The summed E-state index contributed by atoms with van der Waals surface area (Å²) in [5.41, 5.74) is 6.03. The van der Waals surface area contributed by atoms with E-state index in [4.69, 9.17) is 24.8 Å². The van der Waals surface area contributed by atoms with Crippen molar-refractivity contribution in [3.05, 3.63) is 22.2 Å². The topological polar surface area (TPSA) is 166 Å². The van der Waals surface area contributed by atoms with Crippen LogP contribution in [0.15, 0.2) is 16.6 Å². The number of aliphatic hydroxyl groups excluding tert-OH is 1. The molecule has 2 aliphatic heterocycles. The van der Waals surface area contributed by atoms with E-state index in [9.17, 15) is 9.90 Å². The van der Waals surface area contributed by atoms with E-state index in [1.54, 1.807) is 4.90 Å². The zero-order valence-electron chi connectivity index (χ0n) is 11.8. The first-order chi connectivity index (χ1) is 11.0. The lowest BCUT2D eigenvalue weighted by Crippen LogP contribution is -2.36. The molecule has 7 N–H and O–H groups in total. The van der Waals surface area contributed by atoms with Crippen molar-refractivity contribution in [2.45, 2.75) is 18.8 Å². The lowest BCUT2D eigenvalue weighted by atomic mass is 10.1. The Kier molecular flexibility index (Phi) is 4.37. The predicted molar refractivity (Wildman–Crippen MR) is 81.5 cm³/mol. The third-order valence-corrected chi connectivity index (χ3v) is 4.00. The van der Waals surface area contributed by atoms with E-state index < -0.39 is 20.9 Å². The lowest BCUT2D eigenvalue weighted by Gasteiger charge is -2.24. The largest absolute Gasteiger partial charge is 0.516 e. The van der Waals surface area contributed by atoms with Crippen LogP contribution in [0.25, 0.3) is 0 Å². The summed E-state index contributed by atoms with van der Waals surface area (Å²) < 4.78 is 10.5. The van der Waals surface area contributed by atoms with Gasteiger partial charge in [-0.05, 0) is 5.57 Å². The minimum Gasteiger partial charge on any atom is -0.516 e. The van der Waals surface area contributed by atoms with Crippen molar-refractivity contribution >= 4 is 26.1 Å². The average molecular weight is 345 g/mol. The number of aliphatic hydroxyl groups is 1. The highest BCUT2D eigenvalue weighted by Crippen LogP contribution is 2.36. The number of anilines is 3. The molecule has 126 valence electrons. The second-order valence-electron chi connectivity index (χ2n) is 4.99. The number of hydrogen-bond acceptors (Lipinski definition) is 10. The van der Waals surface area contributed by atoms with Crippen LogP contribution in [0, 0.1) is 0 Å². The smallest absolute Gasteiger partial charge is 0.327 e. The maximum Gasteiger partial charge on any atom is 0.327 e. The molecule has 3 heterocycles. The number of nitrogens with two attached hydrogens (primary N) is 1. The molecular weight excluding hydrogens is 329 g/mol. The van der Waals surface area contributed by atoms with E-state index in [0.29, 0.717) is 30.2 Å². The third-order valence-electron chi connectivity index (χ3n) is 3.62. The van der Waals surface area contributed by atoms with Gasteiger partial charge in [-0.25, -0.2) is 0 Å². The number of rotatable bonds is 4. The molecule has 23 heavy (non-hydrogen) atoms. The van der Waals surface area contributed by atoms with Crippen molar-refractivity contribution in [1.29, 1.82) is 0 Å². The van der Waals surface area contributed by atoms with Crippen LogP contribution in [0.3, 0.4) is 0 Å². The summed E-state index contributed by atoms with van der Waals surface area (Å²) >= 11 is 0. The van der Waals surface area contributed by atoms with Gasteiger partial charge in [0.1, 0.15) is 18.0 Å². The van der Waals surface area contributed by atoms with Crippen LogP contribution in [-0.4, -0.2) is 50.5 Å². The van der Waals surface area contributed by atoms with E-state index in [1.165, 1.54) is 0 Å². The van der Waals surface area contributed by atoms with Crippen LogP contribution in [0.5, 0.6) is 0 Å². The van der Waals surface area contributed by atoms with Crippen LogP contribution in [0.1, 0.15) is 6.42 Å². The molecule has 0 saturated carbocycles. The van der Waals surface area contributed by atoms with Crippen molar-refractivity contribution in [1.82, 2.24) is 9.97 Å². The van der Waals surface area contributed by atoms with Gasteiger partial charge in [-0.3, -0.25) is 9.78 Å². The molecule has 0 bridgehead atoms. The Hall–Kier alpha value is -1.91. The van der Waals surface area contributed by atoms with E-state index in [-0.39, 0.29) is 18.1 Å². The first-order valence-electron chi connectivity index (χ1n) is 6.69. The molecule has 1 fully saturated rings. The van der Waals surface area contributed by atoms with Crippen molar-refractivity contribution in [2.75, 3.05) is 29.2 Å². The van der Waals surface area contributed by atoms with Crippen LogP contribution >= 0.6 is 8.60 Å². The molecule has 0 aromatic carbocycles. The number of hydrogen-bond donors (Lipinski definition) is 6. The number of nitrogen functional groups attached to an aromatic ring is 1. The predicted octanol–water partition coefficient (Wildman–Crippen LogP) is -0.674. The Labute approximate surface area is 131 Å². The number of ether oxygens (including phenoxy) is 1. The van der Waals surface area contributed by atoms with Crippen LogP contribution in [0.2, 0.25) is 0 Å². The van der Waals surface area contributed by atoms with Gasteiger partial charge in [-0.2, -0.15) is 4.98 Å². The Morgan fingerprint density at radius 2 is 2.35 bits per heavy atom. The fraction of sp³-hybridized carbons (Fsp3) is 0.455. The molecule has 2 atom stereocenters. The van der Waals surface area contributed by atoms with E-state index >= 15 is 0 Å². The van der Waals surface area contributed by atoms with Crippen molar-refractivity contribution in [3.63, 3.8) is 0 Å². The zero-order valence-corrected chi connectivity index (χ0v) is 12.7. The average Bonchev–Trinajstić information content (AvgIpc) is 3.08. The molecule has 12 heteroatoms. The Morgan fingerprint density at radius 3 is 3.04 bits per heavy atom. The lowest BCUT2D eigenvalue weighted by molar-refractivity contribution is 0.0228. The van der Waals surface area contributed by atoms with Gasteiger partial charge in [0, 0.05) is 6.42 Å². The van der Waals surface area contributed by atoms with E-state index in [0.717, 1.165) is 6.26 Å². The van der Waals surface area contributed by atoms with Gasteiger partial charge in [0.05, 0.1) is 19.5 Å². The first-order valence-corrected chi connectivity index (χ1v) is 7.86. The maximum absolute atomic E-state index is 11.8. The van der Waals surface area contributed by atoms with Gasteiger partial charge in [-0.15, -0.1) is 0 Å². The number of nitrogens with one attached hydrogen (secondary N) is 2. The summed E-state index contributed by atoms with van der Waals surface area (Å²) in [4.78, 5) is 37.7. The summed E-state index contributed by atoms with van der Waals surface area (Å²) in [7, 11) is -2.51.